The third-order valence-corrected chi connectivity index (χ3v) is 5.81. The van der Waals surface area contributed by atoms with E-state index in [1.54, 1.807) is 6.92 Å². The van der Waals surface area contributed by atoms with Crippen molar-refractivity contribution in [2.75, 3.05) is 19.8 Å². The van der Waals surface area contributed by atoms with Crippen LogP contribution in [0.2, 0.25) is 0 Å². The van der Waals surface area contributed by atoms with Crippen LogP contribution in [0.4, 0.5) is 0 Å². The molecule has 0 aliphatic carbocycles. The molecule has 0 aromatic carbocycles. The van der Waals surface area contributed by atoms with Crippen LogP contribution in [0.3, 0.4) is 0 Å². The first-order valence-electron chi connectivity index (χ1n) is 5.63. The third kappa shape index (κ3) is 3.23. The second kappa shape index (κ2) is 6.65. The fraction of sp³-hybridized carbons (Fsp3) is 1.00. The Bertz CT molecular complexity index is 185. The van der Waals surface area contributed by atoms with Crippen molar-refractivity contribution in [1.29, 1.82) is 0 Å². The lowest BCUT2D eigenvalue weighted by Gasteiger charge is -2.42. The Morgan fingerprint density at radius 2 is 1.31 bits per heavy atom. The summed E-state index contributed by atoms with van der Waals surface area (Å²) < 4.78 is 16.8. The highest BCUT2D eigenvalue weighted by atomic mass is 28.4. The van der Waals surface area contributed by atoms with Crippen molar-refractivity contribution in [1.82, 2.24) is 0 Å². The smallest absolute Gasteiger partial charge is 0.372 e. The number of rotatable bonds is 8. The van der Waals surface area contributed by atoms with E-state index in [1.165, 1.54) is 0 Å². The molecule has 0 fully saturated rings. The second-order valence-electron chi connectivity index (χ2n) is 3.58. The topological polar surface area (TPSA) is 106 Å². The number of hydrogen-bond donors (Lipinski definition) is 3. The first-order chi connectivity index (χ1) is 7.38. The summed E-state index contributed by atoms with van der Waals surface area (Å²) in [6.07, 6.45) is 0. The minimum absolute atomic E-state index is 0.426. The molecule has 0 aromatic rings. The van der Waals surface area contributed by atoms with Crippen molar-refractivity contribution in [3.05, 3.63) is 0 Å². The van der Waals surface area contributed by atoms with Crippen molar-refractivity contribution < 1.29 is 13.3 Å². The predicted molar refractivity (Wildman–Crippen MR) is 65.4 cm³/mol. The molecule has 0 spiro atoms. The minimum Gasteiger partial charge on any atom is -0.372 e. The molecule has 0 aromatic heterocycles. The Labute approximate surface area is 98.8 Å². The van der Waals surface area contributed by atoms with E-state index in [0.29, 0.717) is 19.8 Å². The molecule has 0 heterocycles. The highest BCUT2D eigenvalue weighted by Crippen LogP contribution is 2.21. The van der Waals surface area contributed by atoms with Gasteiger partial charge < -0.3 is 30.5 Å². The van der Waals surface area contributed by atoms with Crippen molar-refractivity contribution in [3.63, 3.8) is 0 Å². The zero-order valence-electron chi connectivity index (χ0n) is 10.7. The van der Waals surface area contributed by atoms with Crippen molar-refractivity contribution in [2.24, 2.45) is 17.2 Å². The van der Waals surface area contributed by atoms with Gasteiger partial charge >= 0.3 is 8.80 Å². The summed E-state index contributed by atoms with van der Waals surface area (Å²) in [6, 6.07) is -0.483. The molecule has 0 amide bonds. The van der Waals surface area contributed by atoms with Crippen LogP contribution in [0.1, 0.15) is 27.7 Å². The Hall–Kier alpha value is -0.0231. The largest absolute Gasteiger partial charge is 0.538 e. The molecule has 7 heteroatoms. The van der Waals surface area contributed by atoms with Gasteiger partial charge in [0.1, 0.15) is 0 Å². The maximum atomic E-state index is 6.04. The van der Waals surface area contributed by atoms with Gasteiger partial charge in [0.05, 0.1) is 0 Å². The van der Waals surface area contributed by atoms with Gasteiger partial charge in [-0.1, -0.05) is 0 Å². The molecule has 6 nitrogen and oxygen atoms in total. The Morgan fingerprint density at radius 1 is 1.00 bits per heavy atom. The molecule has 6 N–H and O–H groups in total. The fourth-order valence-electron chi connectivity index (χ4n) is 1.35. The predicted octanol–water partition coefficient (Wildman–Crippen LogP) is -0.465. The number of nitrogens with two attached hydrogens (primary N) is 3. The summed E-state index contributed by atoms with van der Waals surface area (Å²) >= 11 is 0. The third-order valence-electron chi connectivity index (χ3n) is 2.29. The van der Waals surface area contributed by atoms with E-state index < -0.39 is 20.1 Å². The zero-order valence-corrected chi connectivity index (χ0v) is 11.7. The maximum absolute atomic E-state index is 6.04. The van der Waals surface area contributed by atoms with Crippen LogP contribution in [0.15, 0.2) is 0 Å². The standard InChI is InChI=1S/C9H25N3O3Si/c1-5-13-16(14-6-2,15-7-3)9(11,12)8(4)10/h8H,5-7,10-12H2,1-4H3. The van der Waals surface area contributed by atoms with E-state index in [0.717, 1.165) is 0 Å². The normalized spacial score (nSPS) is 15.2. The van der Waals surface area contributed by atoms with Gasteiger partial charge in [0.2, 0.25) is 0 Å². The highest BCUT2D eigenvalue weighted by molar-refractivity contribution is 6.64. The molecule has 0 bridgehead atoms. The summed E-state index contributed by atoms with van der Waals surface area (Å²) in [4.78, 5) is 0. The second-order valence-corrected chi connectivity index (χ2v) is 6.42. The van der Waals surface area contributed by atoms with Crippen LogP contribution in [0.5, 0.6) is 0 Å². The van der Waals surface area contributed by atoms with Crippen molar-refractivity contribution in [2.45, 2.75) is 39.0 Å². The molecule has 1 unspecified atom stereocenters. The molecule has 16 heavy (non-hydrogen) atoms. The van der Waals surface area contributed by atoms with E-state index in [4.69, 9.17) is 30.5 Å². The molecule has 0 saturated heterocycles. The lowest BCUT2D eigenvalue weighted by molar-refractivity contribution is 0.0419. The lowest BCUT2D eigenvalue weighted by Crippen LogP contribution is -2.80. The fourth-order valence-corrected chi connectivity index (χ4v) is 4.05. The average Bonchev–Trinajstić information content (AvgIpc) is 2.18. The maximum Gasteiger partial charge on any atom is 0.538 e. The van der Waals surface area contributed by atoms with Crippen molar-refractivity contribution >= 4 is 8.80 Å². The van der Waals surface area contributed by atoms with E-state index in [2.05, 4.69) is 0 Å². The average molecular weight is 251 g/mol. The Balaban J connectivity index is 5.12. The van der Waals surface area contributed by atoms with Gasteiger partial charge in [0, 0.05) is 25.9 Å². The van der Waals surface area contributed by atoms with Crippen LogP contribution < -0.4 is 17.2 Å². The van der Waals surface area contributed by atoms with Gasteiger partial charge in [-0.3, -0.25) is 0 Å². The molecule has 98 valence electrons. The van der Waals surface area contributed by atoms with Crippen LogP contribution in [-0.2, 0) is 13.3 Å². The monoisotopic (exact) mass is 251 g/mol. The van der Waals surface area contributed by atoms with Gasteiger partial charge in [-0.15, -0.1) is 0 Å². The van der Waals surface area contributed by atoms with Gasteiger partial charge in [-0.05, 0) is 27.7 Å². The van der Waals surface area contributed by atoms with Gasteiger partial charge in [0.15, 0.2) is 5.29 Å². The van der Waals surface area contributed by atoms with Crippen LogP contribution in [-0.4, -0.2) is 40.0 Å². The zero-order chi connectivity index (χ0) is 12.8. The summed E-state index contributed by atoms with van der Waals surface area (Å²) in [5.74, 6) is 0. The van der Waals surface area contributed by atoms with E-state index >= 15 is 0 Å². The van der Waals surface area contributed by atoms with Crippen molar-refractivity contribution in [3.8, 4) is 0 Å². The molecular weight excluding hydrogens is 226 g/mol. The van der Waals surface area contributed by atoms with Gasteiger partial charge in [-0.2, -0.15) is 0 Å². The Morgan fingerprint density at radius 3 is 1.50 bits per heavy atom. The van der Waals surface area contributed by atoms with E-state index in [-0.39, 0.29) is 0 Å². The summed E-state index contributed by atoms with van der Waals surface area (Å²) in [5.41, 5.74) is 17.9. The van der Waals surface area contributed by atoms with Gasteiger partial charge in [0.25, 0.3) is 0 Å². The first-order valence-corrected chi connectivity index (χ1v) is 7.35. The van der Waals surface area contributed by atoms with Gasteiger partial charge in [-0.25, -0.2) is 0 Å². The minimum atomic E-state index is -3.16. The van der Waals surface area contributed by atoms with Crippen LogP contribution >= 0.6 is 0 Å². The summed E-state index contributed by atoms with van der Waals surface area (Å²) in [5, 5.41) is -1.28. The highest BCUT2D eigenvalue weighted by Gasteiger charge is 2.59. The first kappa shape index (κ1) is 16.0. The molecule has 0 saturated carbocycles. The molecule has 1 atom stereocenters. The SMILES string of the molecule is CCO[Si](OCC)(OCC)C(N)(N)C(C)N. The summed E-state index contributed by atoms with van der Waals surface area (Å²) in [7, 11) is -3.16. The molecule has 0 aliphatic rings. The van der Waals surface area contributed by atoms with Crippen LogP contribution in [0, 0.1) is 0 Å². The summed E-state index contributed by atoms with van der Waals surface area (Å²) in [6.45, 7) is 8.53. The Kier molecular flexibility index (Phi) is 6.64. The van der Waals surface area contributed by atoms with E-state index in [1.807, 2.05) is 20.8 Å². The molecule has 0 aliphatic heterocycles. The quantitative estimate of drug-likeness (QED) is 0.398. The molecule has 0 rings (SSSR count). The van der Waals surface area contributed by atoms with E-state index in [9.17, 15) is 0 Å². The molecular formula is C9H25N3O3Si. The molecule has 0 radical (unpaired) electrons. The van der Waals surface area contributed by atoms with Crippen LogP contribution in [0.25, 0.3) is 0 Å². The lowest BCUT2D eigenvalue weighted by atomic mass is 10.3. The number of hydrogen-bond acceptors (Lipinski definition) is 6.